The Balaban J connectivity index is 1.39. The molecule has 0 N–H and O–H groups in total. The Kier molecular flexibility index (Phi) is 4.82. The highest BCUT2D eigenvalue weighted by molar-refractivity contribution is 5.77. The number of rotatable bonds is 7. The molecule has 6 nitrogen and oxygen atoms in total. The number of fused-ring (bicyclic) bond motifs is 2. The van der Waals surface area contributed by atoms with Crippen LogP contribution in [-0.4, -0.2) is 46.4 Å². The molecule has 3 atom stereocenters. The molecule has 0 spiro atoms. The van der Waals surface area contributed by atoms with Gasteiger partial charge in [0.05, 0.1) is 13.2 Å². The quantitative estimate of drug-likeness (QED) is 0.766. The molecule has 2 unspecified atom stereocenters. The first-order valence-electron chi connectivity index (χ1n) is 9.30. The standard InChI is InChI=1S/C20H25N3O3/c1-25-17-4-2-5-18(13-17)26-14-19-15-6-7-16(12-15)23(19)20(24)8-11-22-10-3-9-21-22/h2-5,9-10,13,15-16,19H,6-8,11-12,14H2,1H3/t15?,16?,19-/m1/s1. The number of amides is 1. The van der Waals surface area contributed by atoms with Crippen LogP contribution in [0.2, 0.25) is 0 Å². The van der Waals surface area contributed by atoms with E-state index < -0.39 is 0 Å². The third-order valence-electron chi connectivity index (χ3n) is 5.60. The van der Waals surface area contributed by atoms with Crippen LogP contribution in [0.3, 0.4) is 0 Å². The lowest BCUT2D eigenvalue weighted by molar-refractivity contribution is -0.136. The van der Waals surface area contributed by atoms with Crippen LogP contribution >= 0.6 is 0 Å². The van der Waals surface area contributed by atoms with Gasteiger partial charge in [0.15, 0.2) is 0 Å². The van der Waals surface area contributed by atoms with Gasteiger partial charge in [-0.25, -0.2) is 0 Å². The van der Waals surface area contributed by atoms with E-state index in [0.29, 0.717) is 31.5 Å². The third-order valence-corrected chi connectivity index (χ3v) is 5.60. The summed E-state index contributed by atoms with van der Waals surface area (Å²) in [5.41, 5.74) is 0. The first-order chi connectivity index (χ1) is 12.7. The number of piperidine rings is 1. The Morgan fingerprint density at radius 1 is 1.27 bits per heavy atom. The maximum Gasteiger partial charge on any atom is 0.225 e. The van der Waals surface area contributed by atoms with Gasteiger partial charge in [-0.2, -0.15) is 5.10 Å². The van der Waals surface area contributed by atoms with E-state index in [9.17, 15) is 4.79 Å². The number of benzene rings is 1. The van der Waals surface area contributed by atoms with Crippen molar-refractivity contribution in [1.82, 2.24) is 14.7 Å². The minimum absolute atomic E-state index is 0.171. The van der Waals surface area contributed by atoms with Crippen LogP contribution in [-0.2, 0) is 11.3 Å². The molecule has 4 rings (SSSR count). The largest absolute Gasteiger partial charge is 0.497 e. The van der Waals surface area contributed by atoms with Crippen LogP contribution in [0, 0.1) is 5.92 Å². The molecule has 1 aromatic carbocycles. The molecule has 2 aromatic rings. The van der Waals surface area contributed by atoms with Gasteiger partial charge in [0.1, 0.15) is 18.1 Å². The van der Waals surface area contributed by atoms with Crippen LogP contribution in [0.25, 0.3) is 0 Å². The molecule has 2 heterocycles. The maximum absolute atomic E-state index is 12.9. The van der Waals surface area contributed by atoms with E-state index in [-0.39, 0.29) is 11.9 Å². The van der Waals surface area contributed by atoms with Gasteiger partial charge in [-0.05, 0) is 43.4 Å². The normalized spacial score (nSPS) is 24.0. The number of aromatic nitrogens is 2. The zero-order valence-corrected chi connectivity index (χ0v) is 15.1. The minimum atomic E-state index is 0.171. The van der Waals surface area contributed by atoms with Crippen LogP contribution in [0.1, 0.15) is 25.7 Å². The van der Waals surface area contributed by atoms with E-state index in [1.807, 2.05) is 41.2 Å². The van der Waals surface area contributed by atoms with Gasteiger partial charge >= 0.3 is 0 Å². The highest BCUT2D eigenvalue weighted by atomic mass is 16.5. The Morgan fingerprint density at radius 3 is 2.96 bits per heavy atom. The lowest BCUT2D eigenvalue weighted by Gasteiger charge is -2.35. The summed E-state index contributed by atoms with van der Waals surface area (Å²) in [4.78, 5) is 15.0. The molecule has 1 aliphatic heterocycles. The number of hydrogen-bond acceptors (Lipinski definition) is 4. The molecule has 2 aliphatic rings. The number of methoxy groups -OCH3 is 1. The minimum Gasteiger partial charge on any atom is -0.497 e. The van der Waals surface area contributed by atoms with Gasteiger partial charge in [-0.3, -0.25) is 9.48 Å². The van der Waals surface area contributed by atoms with E-state index >= 15 is 0 Å². The van der Waals surface area contributed by atoms with Gasteiger partial charge in [-0.1, -0.05) is 6.07 Å². The van der Waals surface area contributed by atoms with Crippen LogP contribution in [0.5, 0.6) is 11.5 Å². The zero-order chi connectivity index (χ0) is 17.9. The number of carbonyl (C=O) groups excluding carboxylic acids is 1. The van der Waals surface area contributed by atoms with Gasteiger partial charge < -0.3 is 14.4 Å². The van der Waals surface area contributed by atoms with Crippen molar-refractivity contribution in [3.8, 4) is 11.5 Å². The fourth-order valence-electron chi connectivity index (χ4n) is 4.34. The average molecular weight is 355 g/mol. The van der Waals surface area contributed by atoms with E-state index in [4.69, 9.17) is 9.47 Å². The number of likely N-dealkylation sites (tertiary alicyclic amines) is 1. The van der Waals surface area contributed by atoms with Crippen molar-refractivity contribution in [2.24, 2.45) is 5.92 Å². The van der Waals surface area contributed by atoms with Crippen LogP contribution in [0.15, 0.2) is 42.7 Å². The summed E-state index contributed by atoms with van der Waals surface area (Å²) in [5, 5.41) is 4.18. The fraction of sp³-hybridized carbons (Fsp3) is 0.500. The molecular formula is C20H25N3O3. The molecule has 26 heavy (non-hydrogen) atoms. The van der Waals surface area contributed by atoms with Crippen molar-refractivity contribution in [1.29, 1.82) is 0 Å². The van der Waals surface area contributed by atoms with E-state index in [2.05, 4.69) is 10.00 Å². The van der Waals surface area contributed by atoms with Gasteiger partial charge in [0.25, 0.3) is 0 Å². The molecule has 1 saturated heterocycles. The molecule has 6 heteroatoms. The maximum atomic E-state index is 12.9. The topological polar surface area (TPSA) is 56.6 Å². The monoisotopic (exact) mass is 355 g/mol. The predicted molar refractivity (Wildman–Crippen MR) is 97.1 cm³/mol. The Labute approximate surface area is 153 Å². The number of carbonyl (C=O) groups is 1. The Hall–Kier alpha value is -2.50. The highest BCUT2D eigenvalue weighted by Gasteiger charge is 2.47. The molecule has 1 aromatic heterocycles. The van der Waals surface area contributed by atoms with Crippen molar-refractivity contribution < 1.29 is 14.3 Å². The lowest BCUT2D eigenvalue weighted by Crippen LogP contribution is -2.48. The van der Waals surface area contributed by atoms with Gasteiger partial charge in [-0.15, -0.1) is 0 Å². The summed E-state index contributed by atoms with van der Waals surface area (Å²) in [6.45, 7) is 1.17. The van der Waals surface area contributed by atoms with E-state index in [1.54, 1.807) is 13.3 Å². The van der Waals surface area contributed by atoms with Crippen molar-refractivity contribution in [3.63, 3.8) is 0 Å². The van der Waals surface area contributed by atoms with Crippen LogP contribution in [0.4, 0.5) is 0 Å². The molecule has 2 fully saturated rings. The summed E-state index contributed by atoms with van der Waals surface area (Å²) in [7, 11) is 1.65. The van der Waals surface area contributed by atoms with Crippen molar-refractivity contribution in [3.05, 3.63) is 42.7 Å². The second-order valence-corrected chi connectivity index (χ2v) is 7.10. The third kappa shape index (κ3) is 3.41. The summed E-state index contributed by atoms with van der Waals surface area (Å²) in [6, 6.07) is 10.1. The molecule has 1 aliphatic carbocycles. The van der Waals surface area contributed by atoms with Crippen molar-refractivity contribution in [2.75, 3.05) is 13.7 Å². The summed E-state index contributed by atoms with van der Waals surface area (Å²) < 4.78 is 13.1. The predicted octanol–water partition coefficient (Wildman–Crippen LogP) is 2.74. The summed E-state index contributed by atoms with van der Waals surface area (Å²) in [6.07, 6.45) is 7.55. The summed E-state index contributed by atoms with van der Waals surface area (Å²) >= 11 is 0. The number of ether oxygens (including phenoxy) is 2. The Morgan fingerprint density at radius 2 is 2.15 bits per heavy atom. The molecule has 1 amide bonds. The molecule has 1 saturated carbocycles. The number of nitrogens with zero attached hydrogens (tertiary/aromatic N) is 3. The lowest BCUT2D eigenvalue weighted by atomic mass is 9.99. The molecular weight excluding hydrogens is 330 g/mol. The zero-order valence-electron chi connectivity index (χ0n) is 15.1. The van der Waals surface area contributed by atoms with Gasteiger partial charge in [0, 0.05) is 37.5 Å². The highest BCUT2D eigenvalue weighted by Crippen LogP contribution is 2.43. The smallest absolute Gasteiger partial charge is 0.225 e. The van der Waals surface area contributed by atoms with Crippen molar-refractivity contribution >= 4 is 5.91 Å². The fourth-order valence-corrected chi connectivity index (χ4v) is 4.34. The second-order valence-electron chi connectivity index (χ2n) is 7.10. The van der Waals surface area contributed by atoms with Crippen molar-refractivity contribution in [2.45, 2.75) is 44.3 Å². The van der Waals surface area contributed by atoms with Crippen LogP contribution < -0.4 is 9.47 Å². The first kappa shape index (κ1) is 16.9. The molecule has 0 radical (unpaired) electrons. The first-order valence-corrected chi connectivity index (χ1v) is 9.30. The van der Waals surface area contributed by atoms with Gasteiger partial charge in [0.2, 0.25) is 5.91 Å². The summed E-state index contributed by atoms with van der Waals surface area (Å²) in [5.74, 6) is 2.34. The second kappa shape index (κ2) is 7.40. The Bertz CT molecular complexity index is 747. The SMILES string of the molecule is COc1cccc(OC[C@@H]2C3CCC(C3)N2C(=O)CCn2cccn2)c1. The van der Waals surface area contributed by atoms with E-state index in [1.165, 1.54) is 6.42 Å². The number of hydrogen-bond donors (Lipinski definition) is 0. The molecule has 2 bridgehead atoms. The number of aryl methyl sites for hydroxylation is 1. The molecule has 138 valence electrons. The average Bonchev–Trinajstić information content (AvgIpc) is 3.41. The van der Waals surface area contributed by atoms with E-state index in [0.717, 1.165) is 24.3 Å².